The average molecular weight is 381 g/mol. The highest BCUT2D eigenvalue weighted by molar-refractivity contribution is 7.13. The molecule has 0 spiro atoms. The average Bonchev–Trinajstić information content (AvgIpc) is 3.39. The molecule has 1 aliphatic carbocycles. The molecule has 27 heavy (non-hydrogen) atoms. The second kappa shape index (κ2) is 8.48. The molecule has 1 amide bonds. The van der Waals surface area contributed by atoms with Crippen LogP contribution in [0.25, 0.3) is 21.8 Å². The number of aromatic nitrogens is 3. The second-order valence-corrected chi connectivity index (χ2v) is 7.93. The van der Waals surface area contributed by atoms with Gasteiger partial charge in [0.2, 0.25) is 5.91 Å². The number of rotatable bonds is 6. The molecule has 0 aliphatic heterocycles. The van der Waals surface area contributed by atoms with Crippen LogP contribution >= 0.6 is 11.3 Å². The molecular formula is C21H24N4OS. The number of nitrogens with zero attached hydrogens (tertiary/aromatic N) is 3. The van der Waals surface area contributed by atoms with Crippen molar-refractivity contribution in [3.05, 3.63) is 48.1 Å². The summed E-state index contributed by atoms with van der Waals surface area (Å²) in [5.74, 6) is 0.395. The van der Waals surface area contributed by atoms with E-state index in [1.807, 2.05) is 29.1 Å². The fourth-order valence-corrected chi connectivity index (χ4v) is 4.41. The Morgan fingerprint density at radius 1 is 1.22 bits per heavy atom. The van der Waals surface area contributed by atoms with Gasteiger partial charge in [0.05, 0.1) is 22.8 Å². The van der Waals surface area contributed by atoms with E-state index < -0.39 is 0 Å². The third-order valence-corrected chi connectivity index (χ3v) is 6.00. The summed E-state index contributed by atoms with van der Waals surface area (Å²) in [6, 6.07) is 10.2. The van der Waals surface area contributed by atoms with Crippen LogP contribution in [0.3, 0.4) is 0 Å². The van der Waals surface area contributed by atoms with Crippen LogP contribution < -0.4 is 5.32 Å². The first-order chi connectivity index (χ1) is 13.3. The fourth-order valence-electron chi connectivity index (χ4n) is 3.66. The first-order valence-corrected chi connectivity index (χ1v) is 10.5. The van der Waals surface area contributed by atoms with Gasteiger partial charge in [-0.2, -0.15) is 5.10 Å². The lowest BCUT2D eigenvalue weighted by atomic mass is 9.89. The molecule has 0 atom stereocenters. The molecule has 140 valence electrons. The number of thiophene rings is 1. The van der Waals surface area contributed by atoms with E-state index in [4.69, 9.17) is 5.10 Å². The van der Waals surface area contributed by atoms with Gasteiger partial charge < -0.3 is 5.32 Å². The topological polar surface area (TPSA) is 59.8 Å². The summed E-state index contributed by atoms with van der Waals surface area (Å²) in [7, 11) is 0. The van der Waals surface area contributed by atoms with E-state index in [-0.39, 0.29) is 11.8 Å². The highest BCUT2D eigenvalue weighted by Crippen LogP contribution is 2.29. The monoisotopic (exact) mass is 380 g/mol. The minimum absolute atomic E-state index is 0.194. The van der Waals surface area contributed by atoms with E-state index in [1.54, 1.807) is 17.5 Å². The van der Waals surface area contributed by atoms with E-state index in [9.17, 15) is 4.79 Å². The number of carbonyl (C=O) groups excluding carboxylic acids is 1. The van der Waals surface area contributed by atoms with Gasteiger partial charge in [-0.05, 0) is 42.5 Å². The molecule has 4 rings (SSSR count). The summed E-state index contributed by atoms with van der Waals surface area (Å²) in [6.45, 7) is 1.26. The standard InChI is InChI=1S/C21H24N4OS/c26-21(16-6-2-1-3-7-16)23-11-12-25-19(20-9-5-13-27-20)14-18(24-25)17-8-4-10-22-15-17/h4-5,8-10,13-16H,1-3,6-7,11-12H2,(H,23,26). The van der Waals surface area contributed by atoms with Gasteiger partial charge in [-0.1, -0.05) is 25.3 Å². The van der Waals surface area contributed by atoms with Crippen molar-refractivity contribution in [3.63, 3.8) is 0 Å². The van der Waals surface area contributed by atoms with Gasteiger partial charge in [0.1, 0.15) is 0 Å². The Morgan fingerprint density at radius 2 is 2.11 bits per heavy atom. The summed E-state index contributed by atoms with van der Waals surface area (Å²) in [5.41, 5.74) is 2.99. The zero-order valence-electron chi connectivity index (χ0n) is 15.3. The molecule has 1 N–H and O–H groups in total. The Labute approximate surface area is 163 Å². The van der Waals surface area contributed by atoms with Gasteiger partial charge in [-0.15, -0.1) is 11.3 Å². The quantitative estimate of drug-likeness (QED) is 0.691. The lowest BCUT2D eigenvalue weighted by Crippen LogP contribution is -2.34. The van der Waals surface area contributed by atoms with E-state index >= 15 is 0 Å². The van der Waals surface area contributed by atoms with Gasteiger partial charge >= 0.3 is 0 Å². The zero-order valence-corrected chi connectivity index (χ0v) is 16.1. The Morgan fingerprint density at radius 3 is 2.85 bits per heavy atom. The molecule has 5 nitrogen and oxygen atoms in total. The first kappa shape index (κ1) is 17.9. The van der Waals surface area contributed by atoms with Crippen molar-refractivity contribution in [1.82, 2.24) is 20.1 Å². The van der Waals surface area contributed by atoms with Crippen molar-refractivity contribution < 1.29 is 4.79 Å². The number of nitrogens with one attached hydrogen (secondary N) is 1. The summed E-state index contributed by atoms with van der Waals surface area (Å²) >= 11 is 1.70. The van der Waals surface area contributed by atoms with Crippen molar-refractivity contribution in [2.45, 2.75) is 38.6 Å². The van der Waals surface area contributed by atoms with Gasteiger partial charge in [0.25, 0.3) is 0 Å². The van der Waals surface area contributed by atoms with Crippen LogP contribution in [0.2, 0.25) is 0 Å². The number of carbonyl (C=O) groups is 1. The lowest BCUT2D eigenvalue weighted by molar-refractivity contribution is -0.125. The maximum atomic E-state index is 12.4. The maximum absolute atomic E-state index is 12.4. The van der Waals surface area contributed by atoms with E-state index in [0.717, 1.165) is 29.8 Å². The smallest absolute Gasteiger partial charge is 0.223 e. The molecule has 0 unspecified atom stereocenters. The van der Waals surface area contributed by atoms with Crippen molar-refractivity contribution >= 4 is 17.2 Å². The largest absolute Gasteiger partial charge is 0.354 e. The summed E-state index contributed by atoms with van der Waals surface area (Å²) in [6.07, 6.45) is 9.26. The molecule has 1 aliphatic rings. The third kappa shape index (κ3) is 4.27. The van der Waals surface area contributed by atoms with Crippen molar-refractivity contribution in [2.75, 3.05) is 6.54 Å². The van der Waals surface area contributed by atoms with Crippen molar-refractivity contribution in [2.24, 2.45) is 5.92 Å². The molecule has 3 heterocycles. The van der Waals surface area contributed by atoms with Gasteiger partial charge in [-0.3, -0.25) is 14.5 Å². The molecule has 1 saturated carbocycles. The number of pyridine rings is 1. The predicted octanol–water partition coefficient (Wildman–Crippen LogP) is 4.37. The molecule has 1 fully saturated rings. The molecule has 3 aromatic rings. The Hall–Kier alpha value is -2.47. The van der Waals surface area contributed by atoms with E-state index in [1.165, 1.54) is 24.1 Å². The highest BCUT2D eigenvalue weighted by atomic mass is 32.1. The molecule has 0 aromatic carbocycles. The Kier molecular flexibility index (Phi) is 5.63. The van der Waals surface area contributed by atoms with Crippen LogP contribution in [-0.4, -0.2) is 27.2 Å². The molecule has 6 heteroatoms. The molecule has 3 aromatic heterocycles. The van der Waals surface area contributed by atoms with Crippen LogP contribution in [0.1, 0.15) is 32.1 Å². The van der Waals surface area contributed by atoms with Crippen LogP contribution in [0, 0.1) is 5.92 Å². The zero-order chi connectivity index (χ0) is 18.5. The van der Waals surface area contributed by atoms with Crippen molar-refractivity contribution in [3.8, 4) is 21.8 Å². The van der Waals surface area contributed by atoms with Crippen LogP contribution in [0.5, 0.6) is 0 Å². The Bertz CT molecular complexity index is 867. The minimum Gasteiger partial charge on any atom is -0.354 e. The summed E-state index contributed by atoms with van der Waals surface area (Å²) in [4.78, 5) is 17.8. The molecular weight excluding hydrogens is 356 g/mol. The summed E-state index contributed by atoms with van der Waals surface area (Å²) < 4.78 is 2.00. The van der Waals surface area contributed by atoms with Crippen LogP contribution in [0.15, 0.2) is 48.1 Å². The maximum Gasteiger partial charge on any atom is 0.223 e. The lowest BCUT2D eigenvalue weighted by Gasteiger charge is -2.20. The van der Waals surface area contributed by atoms with Gasteiger partial charge in [0, 0.05) is 30.4 Å². The van der Waals surface area contributed by atoms with Crippen molar-refractivity contribution in [1.29, 1.82) is 0 Å². The first-order valence-electron chi connectivity index (χ1n) is 9.61. The number of amides is 1. The predicted molar refractivity (Wildman–Crippen MR) is 108 cm³/mol. The normalized spacial score (nSPS) is 15.0. The fraction of sp³-hybridized carbons (Fsp3) is 0.381. The molecule has 0 bridgehead atoms. The molecule has 0 radical (unpaired) electrons. The summed E-state index contributed by atoms with van der Waals surface area (Å²) in [5, 5.41) is 9.96. The minimum atomic E-state index is 0.194. The van der Waals surface area contributed by atoms with Gasteiger partial charge in [0.15, 0.2) is 0 Å². The highest BCUT2D eigenvalue weighted by Gasteiger charge is 2.20. The van der Waals surface area contributed by atoms with E-state index in [2.05, 4.69) is 27.8 Å². The van der Waals surface area contributed by atoms with Crippen LogP contribution in [0.4, 0.5) is 0 Å². The number of hydrogen-bond acceptors (Lipinski definition) is 4. The van der Waals surface area contributed by atoms with Crippen LogP contribution in [-0.2, 0) is 11.3 Å². The second-order valence-electron chi connectivity index (χ2n) is 6.98. The van der Waals surface area contributed by atoms with Gasteiger partial charge in [-0.25, -0.2) is 0 Å². The number of hydrogen-bond donors (Lipinski definition) is 1. The van der Waals surface area contributed by atoms with E-state index in [0.29, 0.717) is 13.1 Å². The Balaban J connectivity index is 1.47. The SMILES string of the molecule is O=C(NCCn1nc(-c2cccnc2)cc1-c1cccs1)C1CCCCC1. The molecule has 0 saturated heterocycles. The third-order valence-electron chi connectivity index (χ3n) is 5.11.